The van der Waals surface area contributed by atoms with Gasteiger partial charge in [0.15, 0.2) is 0 Å². The number of rotatable bonds is 6. The Bertz CT molecular complexity index is 650. The molecule has 1 aliphatic carbocycles. The van der Waals surface area contributed by atoms with Gasteiger partial charge in [0, 0.05) is 17.8 Å². The van der Waals surface area contributed by atoms with Crippen molar-refractivity contribution in [2.45, 2.75) is 56.5 Å². The SMILES string of the molecule is CC(C)NS(=O)(=O)c1ccc(NC2CCCC2)c(C(=O)O)c1. The molecule has 0 spiro atoms. The number of carboxylic acids is 1. The van der Waals surface area contributed by atoms with Gasteiger partial charge in [-0.05, 0) is 44.9 Å². The van der Waals surface area contributed by atoms with E-state index in [4.69, 9.17) is 0 Å². The maximum atomic E-state index is 12.1. The number of hydrogen-bond donors (Lipinski definition) is 3. The van der Waals surface area contributed by atoms with Crippen molar-refractivity contribution >= 4 is 21.7 Å². The Morgan fingerprint density at radius 3 is 2.45 bits per heavy atom. The smallest absolute Gasteiger partial charge is 0.337 e. The molecule has 122 valence electrons. The van der Waals surface area contributed by atoms with Gasteiger partial charge in [0.1, 0.15) is 0 Å². The molecular formula is C15H22N2O4S. The highest BCUT2D eigenvalue weighted by Crippen LogP contribution is 2.26. The van der Waals surface area contributed by atoms with Gasteiger partial charge in [0.05, 0.1) is 10.5 Å². The van der Waals surface area contributed by atoms with Crippen molar-refractivity contribution in [2.75, 3.05) is 5.32 Å². The third-order valence-corrected chi connectivity index (χ3v) is 5.29. The molecule has 0 unspecified atom stereocenters. The zero-order chi connectivity index (χ0) is 16.3. The van der Waals surface area contributed by atoms with Crippen molar-refractivity contribution in [3.63, 3.8) is 0 Å². The number of hydrogen-bond acceptors (Lipinski definition) is 4. The molecule has 1 aliphatic rings. The number of sulfonamides is 1. The lowest BCUT2D eigenvalue weighted by atomic mass is 10.1. The first kappa shape index (κ1) is 16.8. The van der Waals surface area contributed by atoms with Crippen molar-refractivity contribution < 1.29 is 18.3 Å². The Kier molecular flexibility index (Phi) is 5.08. The fourth-order valence-electron chi connectivity index (χ4n) is 2.66. The predicted molar refractivity (Wildman–Crippen MR) is 84.7 cm³/mol. The van der Waals surface area contributed by atoms with E-state index >= 15 is 0 Å². The molecule has 6 nitrogen and oxygen atoms in total. The zero-order valence-electron chi connectivity index (χ0n) is 12.8. The summed E-state index contributed by atoms with van der Waals surface area (Å²) in [7, 11) is -3.70. The van der Waals surface area contributed by atoms with Gasteiger partial charge in [-0.15, -0.1) is 0 Å². The van der Waals surface area contributed by atoms with E-state index in [2.05, 4.69) is 10.0 Å². The van der Waals surface area contributed by atoms with Crippen molar-refractivity contribution in [3.8, 4) is 0 Å². The third-order valence-electron chi connectivity index (χ3n) is 3.64. The van der Waals surface area contributed by atoms with E-state index in [1.54, 1.807) is 13.8 Å². The fourth-order valence-corrected chi connectivity index (χ4v) is 3.94. The molecule has 0 saturated heterocycles. The van der Waals surface area contributed by atoms with Crippen molar-refractivity contribution in [3.05, 3.63) is 23.8 Å². The topological polar surface area (TPSA) is 95.5 Å². The molecule has 7 heteroatoms. The van der Waals surface area contributed by atoms with Gasteiger partial charge in [-0.3, -0.25) is 0 Å². The van der Waals surface area contributed by atoms with Gasteiger partial charge in [0.2, 0.25) is 10.0 Å². The Morgan fingerprint density at radius 2 is 1.91 bits per heavy atom. The van der Waals surface area contributed by atoms with Crippen LogP contribution >= 0.6 is 0 Å². The van der Waals surface area contributed by atoms with Crippen LogP contribution in [0.1, 0.15) is 49.9 Å². The van der Waals surface area contributed by atoms with Gasteiger partial charge < -0.3 is 10.4 Å². The van der Waals surface area contributed by atoms with E-state index in [1.807, 2.05) is 0 Å². The standard InChI is InChI=1S/C15H22N2O4S/c1-10(2)17-22(20,21)12-7-8-14(13(9-12)15(18)19)16-11-5-3-4-6-11/h7-11,16-17H,3-6H2,1-2H3,(H,18,19). The molecule has 0 atom stereocenters. The second-order valence-electron chi connectivity index (χ2n) is 5.91. The van der Waals surface area contributed by atoms with Crippen LogP contribution in [0.3, 0.4) is 0 Å². The van der Waals surface area contributed by atoms with Gasteiger partial charge >= 0.3 is 5.97 Å². The number of aromatic carboxylic acids is 1. The molecular weight excluding hydrogens is 304 g/mol. The number of carbonyl (C=O) groups is 1. The minimum atomic E-state index is -3.70. The molecule has 1 fully saturated rings. The highest BCUT2D eigenvalue weighted by Gasteiger charge is 2.22. The number of carboxylic acid groups (broad SMARTS) is 1. The minimum absolute atomic E-state index is 0.0152. The average molecular weight is 326 g/mol. The Morgan fingerprint density at radius 1 is 1.27 bits per heavy atom. The van der Waals surface area contributed by atoms with Crippen LogP contribution in [0.4, 0.5) is 5.69 Å². The van der Waals surface area contributed by atoms with E-state index < -0.39 is 16.0 Å². The summed E-state index contributed by atoms with van der Waals surface area (Å²) in [4.78, 5) is 11.4. The average Bonchev–Trinajstić information content (AvgIpc) is 2.90. The molecule has 0 bridgehead atoms. The number of anilines is 1. The summed E-state index contributed by atoms with van der Waals surface area (Å²) in [6.45, 7) is 3.43. The fraction of sp³-hybridized carbons (Fsp3) is 0.533. The summed E-state index contributed by atoms with van der Waals surface area (Å²) in [5.41, 5.74) is 0.460. The Hall–Kier alpha value is -1.60. The molecule has 3 N–H and O–H groups in total. The van der Waals surface area contributed by atoms with E-state index in [9.17, 15) is 18.3 Å². The first-order valence-corrected chi connectivity index (χ1v) is 8.94. The van der Waals surface area contributed by atoms with E-state index in [0.717, 1.165) is 25.7 Å². The first-order chi connectivity index (χ1) is 10.3. The molecule has 0 radical (unpaired) electrons. The molecule has 0 amide bonds. The van der Waals surface area contributed by atoms with Crippen LogP contribution in [0.25, 0.3) is 0 Å². The molecule has 22 heavy (non-hydrogen) atoms. The van der Waals surface area contributed by atoms with E-state index in [0.29, 0.717) is 5.69 Å². The minimum Gasteiger partial charge on any atom is -0.478 e. The predicted octanol–water partition coefficient (Wildman–Crippen LogP) is 2.43. The maximum Gasteiger partial charge on any atom is 0.337 e. The largest absolute Gasteiger partial charge is 0.478 e. The van der Waals surface area contributed by atoms with Crippen LogP contribution in [0.5, 0.6) is 0 Å². The number of nitrogens with one attached hydrogen (secondary N) is 2. The van der Waals surface area contributed by atoms with E-state index in [1.165, 1.54) is 18.2 Å². The molecule has 0 aliphatic heterocycles. The summed E-state index contributed by atoms with van der Waals surface area (Å²) in [5.74, 6) is -1.14. The quantitative estimate of drug-likeness (QED) is 0.746. The Labute approximate surface area is 131 Å². The van der Waals surface area contributed by atoms with Crippen molar-refractivity contribution in [1.82, 2.24) is 4.72 Å². The molecule has 1 aromatic carbocycles. The van der Waals surface area contributed by atoms with Crippen molar-refractivity contribution in [2.24, 2.45) is 0 Å². The Balaban J connectivity index is 2.32. The van der Waals surface area contributed by atoms with Crippen LogP contribution in [0.15, 0.2) is 23.1 Å². The molecule has 2 rings (SSSR count). The van der Waals surface area contributed by atoms with Crippen LogP contribution in [0.2, 0.25) is 0 Å². The summed E-state index contributed by atoms with van der Waals surface area (Å²) in [5, 5.41) is 12.6. The third kappa shape index (κ3) is 3.98. The molecule has 1 aromatic rings. The lowest BCUT2D eigenvalue weighted by molar-refractivity contribution is 0.0697. The van der Waals surface area contributed by atoms with Gasteiger partial charge in [0.25, 0.3) is 0 Å². The van der Waals surface area contributed by atoms with E-state index in [-0.39, 0.29) is 22.5 Å². The first-order valence-electron chi connectivity index (χ1n) is 7.46. The maximum absolute atomic E-state index is 12.1. The van der Waals surface area contributed by atoms with Crippen LogP contribution < -0.4 is 10.0 Å². The lowest BCUT2D eigenvalue weighted by Crippen LogP contribution is -2.30. The summed E-state index contributed by atoms with van der Waals surface area (Å²) < 4.78 is 26.8. The summed E-state index contributed by atoms with van der Waals surface area (Å²) >= 11 is 0. The normalized spacial score (nSPS) is 16.1. The van der Waals surface area contributed by atoms with Gasteiger partial charge in [-0.25, -0.2) is 17.9 Å². The molecule has 0 heterocycles. The van der Waals surface area contributed by atoms with Crippen molar-refractivity contribution in [1.29, 1.82) is 0 Å². The zero-order valence-corrected chi connectivity index (χ0v) is 13.6. The van der Waals surface area contributed by atoms with Crippen LogP contribution in [0, 0.1) is 0 Å². The van der Waals surface area contributed by atoms with Gasteiger partial charge in [-0.1, -0.05) is 12.8 Å². The highest BCUT2D eigenvalue weighted by molar-refractivity contribution is 7.89. The highest BCUT2D eigenvalue weighted by atomic mass is 32.2. The summed E-state index contributed by atoms with van der Waals surface area (Å²) in [6.07, 6.45) is 4.28. The lowest BCUT2D eigenvalue weighted by Gasteiger charge is -2.17. The number of benzene rings is 1. The van der Waals surface area contributed by atoms with Gasteiger partial charge in [-0.2, -0.15) is 0 Å². The molecule has 1 saturated carbocycles. The summed E-state index contributed by atoms with van der Waals surface area (Å²) in [6, 6.07) is 4.19. The van der Waals surface area contributed by atoms with Crippen LogP contribution in [-0.2, 0) is 10.0 Å². The second-order valence-corrected chi connectivity index (χ2v) is 7.63. The molecule has 0 aromatic heterocycles. The second kappa shape index (κ2) is 6.66. The van der Waals surface area contributed by atoms with Crippen LogP contribution in [-0.4, -0.2) is 31.6 Å². The monoisotopic (exact) mass is 326 g/mol.